The van der Waals surface area contributed by atoms with Crippen LogP contribution in [0.15, 0.2) is 42.9 Å². The van der Waals surface area contributed by atoms with Crippen molar-refractivity contribution in [3.8, 4) is 0 Å². The van der Waals surface area contributed by atoms with Crippen molar-refractivity contribution in [2.75, 3.05) is 5.43 Å². The molecule has 0 aliphatic heterocycles. The van der Waals surface area contributed by atoms with Gasteiger partial charge in [-0.05, 0) is 18.2 Å². The van der Waals surface area contributed by atoms with Crippen LogP contribution in [0.5, 0.6) is 0 Å². The van der Waals surface area contributed by atoms with Crippen LogP contribution in [0.1, 0.15) is 10.4 Å². The van der Waals surface area contributed by atoms with Gasteiger partial charge in [-0.2, -0.15) is 0 Å². The molecule has 0 atom stereocenters. The van der Waals surface area contributed by atoms with E-state index in [-0.39, 0.29) is 5.91 Å². The summed E-state index contributed by atoms with van der Waals surface area (Å²) in [4.78, 5) is 19.4. The van der Waals surface area contributed by atoms with Crippen LogP contribution < -0.4 is 10.9 Å². The lowest BCUT2D eigenvalue weighted by molar-refractivity contribution is 0.0962. The lowest BCUT2D eigenvalue weighted by Gasteiger charge is -2.06. The molecule has 5 heteroatoms. The molecule has 0 unspecified atom stereocenters. The van der Waals surface area contributed by atoms with E-state index in [4.69, 9.17) is 0 Å². The molecule has 1 aromatic carbocycles. The number of hydrogen-bond acceptors (Lipinski definition) is 4. The topological polar surface area (TPSA) is 66.9 Å². The molecule has 0 saturated carbocycles. The Morgan fingerprint density at radius 1 is 1.25 bits per heavy atom. The van der Waals surface area contributed by atoms with Crippen LogP contribution >= 0.6 is 0 Å². The van der Waals surface area contributed by atoms with Gasteiger partial charge in [0.25, 0.3) is 5.91 Å². The van der Waals surface area contributed by atoms with E-state index >= 15 is 0 Å². The van der Waals surface area contributed by atoms with Gasteiger partial charge in [-0.15, -0.1) is 0 Å². The molecular weight excluding hydrogens is 204 g/mol. The van der Waals surface area contributed by atoms with Crippen molar-refractivity contribution >= 4 is 11.7 Å². The first-order valence-electron chi connectivity index (χ1n) is 4.65. The number of nitrogens with zero attached hydrogens (tertiary/aromatic N) is 2. The summed E-state index contributed by atoms with van der Waals surface area (Å²) in [6.45, 7) is 0. The van der Waals surface area contributed by atoms with E-state index in [2.05, 4.69) is 26.9 Å². The van der Waals surface area contributed by atoms with Gasteiger partial charge in [-0.25, -0.2) is 4.98 Å². The molecule has 0 aliphatic carbocycles. The van der Waals surface area contributed by atoms with Gasteiger partial charge < -0.3 is 0 Å². The zero-order valence-corrected chi connectivity index (χ0v) is 8.34. The lowest BCUT2D eigenvalue weighted by Crippen LogP contribution is -2.29. The number of carbonyl (C=O) groups excluding carboxylic acids is 1. The molecule has 0 fully saturated rings. The van der Waals surface area contributed by atoms with E-state index in [0.29, 0.717) is 11.4 Å². The van der Waals surface area contributed by atoms with Crippen molar-refractivity contribution in [1.29, 1.82) is 0 Å². The van der Waals surface area contributed by atoms with Crippen LogP contribution in [0.4, 0.5) is 5.82 Å². The smallest absolute Gasteiger partial charge is 0.269 e. The number of rotatable bonds is 3. The van der Waals surface area contributed by atoms with Gasteiger partial charge in [-0.1, -0.05) is 12.1 Å². The minimum Gasteiger partial charge on any atom is -0.280 e. The monoisotopic (exact) mass is 213 g/mol. The van der Waals surface area contributed by atoms with Crippen molar-refractivity contribution in [2.45, 2.75) is 0 Å². The van der Waals surface area contributed by atoms with Gasteiger partial charge in [0.1, 0.15) is 0 Å². The largest absolute Gasteiger partial charge is 0.280 e. The molecule has 1 aromatic heterocycles. The number of amides is 1. The van der Waals surface area contributed by atoms with Crippen molar-refractivity contribution in [3.05, 3.63) is 54.5 Å². The predicted octanol–water partition coefficient (Wildman–Crippen LogP) is 1.03. The molecular formula is C11H9N4O. The Labute approximate surface area is 92.5 Å². The molecule has 5 nitrogen and oxygen atoms in total. The summed E-state index contributed by atoms with van der Waals surface area (Å²) in [6, 6.07) is 9.54. The second kappa shape index (κ2) is 4.88. The molecule has 2 N–H and O–H groups in total. The molecule has 2 rings (SSSR count). The van der Waals surface area contributed by atoms with Gasteiger partial charge >= 0.3 is 0 Å². The Morgan fingerprint density at radius 2 is 2.06 bits per heavy atom. The van der Waals surface area contributed by atoms with Gasteiger partial charge in [0, 0.05) is 18.0 Å². The average Bonchev–Trinajstić information content (AvgIpc) is 2.38. The summed E-state index contributed by atoms with van der Waals surface area (Å²) in [6.07, 6.45) is 4.60. The zero-order valence-electron chi connectivity index (χ0n) is 8.34. The summed E-state index contributed by atoms with van der Waals surface area (Å²) < 4.78 is 0. The molecule has 2 aromatic rings. The molecule has 16 heavy (non-hydrogen) atoms. The van der Waals surface area contributed by atoms with Crippen molar-refractivity contribution in [3.63, 3.8) is 0 Å². The van der Waals surface area contributed by atoms with Crippen LogP contribution in [0.2, 0.25) is 0 Å². The fourth-order valence-corrected chi connectivity index (χ4v) is 1.09. The van der Waals surface area contributed by atoms with Crippen LogP contribution in [-0.4, -0.2) is 15.9 Å². The maximum atomic E-state index is 11.6. The molecule has 0 aliphatic rings. The molecule has 1 heterocycles. The summed E-state index contributed by atoms with van der Waals surface area (Å²) in [5.41, 5.74) is 5.72. The maximum Gasteiger partial charge on any atom is 0.269 e. The number of benzene rings is 1. The van der Waals surface area contributed by atoms with Gasteiger partial charge in [0.2, 0.25) is 0 Å². The van der Waals surface area contributed by atoms with Crippen LogP contribution in [-0.2, 0) is 0 Å². The third-order valence-electron chi connectivity index (χ3n) is 1.85. The Kier molecular flexibility index (Phi) is 3.08. The summed E-state index contributed by atoms with van der Waals surface area (Å²) in [7, 11) is 0. The Balaban J connectivity index is 1.95. The first-order chi connectivity index (χ1) is 7.86. The highest BCUT2D eigenvalue weighted by molar-refractivity contribution is 5.94. The number of carbonyl (C=O) groups is 1. The van der Waals surface area contributed by atoms with E-state index in [1.54, 1.807) is 30.5 Å². The number of anilines is 1. The predicted molar refractivity (Wildman–Crippen MR) is 58.4 cm³/mol. The number of hydrazine groups is 1. The molecule has 79 valence electrons. The summed E-state index contributed by atoms with van der Waals surface area (Å²) in [5.74, 6) is 0.248. The van der Waals surface area contributed by atoms with Crippen LogP contribution in [0, 0.1) is 6.07 Å². The van der Waals surface area contributed by atoms with Gasteiger partial charge in [0.05, 0.1) is 6.20 Å². The second-order valence-electron chi connectivity index (χ2n) is 2.96. The summed E-state index contributed by atoms with van der Waals surface area (Å²) in [5, 5.41) is 0. The van der Waals surface area contributed by atoms with Crippen LogP contribution in [0.3, 0.4) is 0 Å². The molecule has 0 bridgehead atoms. The van der Waals surface area contributed by atoms with Crippen LogP contribution in [0.25, 0.3) is 0 Å². The van der Waals surface area contributed by atoms with Crippen molar-refractivity contribution in [1.82, 2.24) is 15.4 Å². The fraction of sp³-hybridized carbons (Fsp3) is 0. The fourth-order valence-electron chi connectivity index (χ4n) is 1.09. The summed E-state index contributed by atoms with van der Waals surface area (Å²) >= 11 is 0. The third-order valence-corrected chi connectivity index (χ3v) is 1.85. The average molecular weight is 213 g/mol. The number of nitrogens with one attached hydrogen (secondary N) is 2. The Bertz CT molecular complexity index is 458. The first-order valence-corrected chi connectivity index (χ1v) is 4.65. The molecule has 0 saturated heterocycles. The Morgan fingerprint density at radius 3 is 2.75 bits per heavy atom. The number of aromatic nitrogens is 2. The second-order valence-corrected chi connectivity index (χ2v) is 2.96. The minimum absolute atomic E-state index is 0.236. The molecule has 0 spiro atoms. The first kappa shape index (κ1) is 10.1. The van der Waals surface area contributed by atoms with E-state index in [1.165, 1.54) is 12.4 Å². The van der Waals surface area contributed by atoms with E-state index in [1.807, 2.05) is 0 Å². The van der Waals surface area contributed by atoms with E-state index in [0.717, 1.165) is 0 Å². The molecule has 1 amide bonds. The normalized spacial score (nSPS) is 9.50. The van der Waals surface area contributed by atoms with E-state index in [9.17, 15) is 4.79 Å². The Hall–Kier alpha value is -2.43. The molecule has 1 radical (unpaired) electrons. The maximum absolute atomic E-state index is 11.6. The SMILES string of the molecule is O=C(NNc1cnccn1)c1cc[c]cc1. The van der Waals surface area contributed by atoms with Crippen molar-refractivity contribution < 1.29 is 4.79 Å². The minimum atomic E-state index is -0.236. The van der Waals surface area contributed by atoms with Gasteiger partial charge in [0.15, 0.2) is 5.82 Å². The quantitative estimate of drug-likeness (QED) is 0.747. The highest BCUT2D eigenvalue weighted by atomic mass is 16.2. The highest BCUT2D eigenvalue weighted by Gasteiger charge is 2.03. The zero-order chi connectivity index (χ0) is 11.2. The van der Waals surface area contributed by atoms with E-state index < -0.39 is 0 Å². The third kappa shape index (κ3) is 2.54. The van der Waals surface area contributed by atoms with Gasteiger partial charge in [-0.3, -0.25) is 20.6 Å². The standard InChI is InChI=1S/C11H9N4O/c16-11(9-4-2-1-3-5-9)15-14-10-8-12-6-7-13-10/h2-8H,(H,13,14)(H,15,16). The lowest BCUT2D eigenvalue weighted by atomic mass is 10.2. The van der Waals surface area contributed by atoms with Crippen molar-refractivity contribution in [2.24, 2.45) is 0 Å². The number of hydrogen-bond donors (Lipinski definition) is 2. The highest BCUT2D eigenvalue weighted by Crippen LogP contribution is 1.98.